The van der Waals surface area contributed by atoms with Gasteiger partial charge in [-0.15, -0.1) is 0 Å². The molecule has 1 aromatic carbocycles. The summed E-state index contributed by atoms with van der Waals surface area (Å²) in [5.41, 5.74) is 0.616. The van der Waals surface area contributed by atoms with Crippen molar-refractivity contribution in [1.82, 2.24) is 40.9 Å². The molecule has 11 atom stereocenters. The van der Waals surface area contributed by atoms with E-state index in [0.29, 0.717) is 43.5 Å². The lowest BCUT2D eigenvalue weighted by Crippen LogP contribution is -2.62. The highest BCUT2D eigenvalue weighted by Gasteiger charge is 2.45. The van der Waals surface area contributed by atoms with E-state index in [-0.39, 0.29) is 55.9 Å². The lowest BCUT2D eigenvalue weighted by molar-refractivity contribution is -0.162. The van der Waals surface area contributed by atoms with E-state index in [2.05, 4.69) is 21.3 Å². The van der Waals surface area contributed by atoms with Crippen molar-refractivity contribution in [2.75, 3.05) is 34.3 Å². The highest BCUT2D eigenvalue weighted by molar-refractivity contribution is 5.97. The molecule has 8 amide bonds. The van der Waals surface area contributed by atoms with Gasteiger partial charge in [-0.05, 0) is 86.8 Å². The first-order chi connectivity index (χ1) is 35.2. The number of nitrogens with one attached hydrogen (secondary N) is 4. The van der Waals surface area contributed by atoms with Crippen molar-refractivity contribution < 1.29 is 57.7 Å². The van der Waals surface area contributed by atoms with Gasteiger partial charge in [-0.25, -0.2) is 4.79 Å². The molecule has 3 aliphatic heterocycles. The van der Waals surface area contributed by atoms with Crippen molar-refractivity contribution in [1.29, 1.82) is 0 Å². The topological polar surface area (TPSA) is 253 Å². The number of aliphatic hydroxyl groups excluding tert-OH is 1. The molecule has 420 valence electrons. The Morgan fingerprint density at radius 1 is 0.867 bits per heavy atom. The van der Waals surface area contributed by atoms with E-state index >= 15 is 0 Å². The van der Waals surface area contributed by atoms with Crippen molar-refractivity contribution >= 4 is 53.2 Å². The van der Waals surface area contributed by atoms with Gasteiger partial charge >= 0.3 is 5.97 Å². The van der Waals surface area contributed by atoms with Crippen LogP contribution in [-0.4, -0.2) is 173 Å². The highest BCUT2D eigenvalue weighted by Crippen LogP contribution is 2.27. The molecule has 0 spiro atoms. The summed E-state index contributed by atoms with van der Waals surface area (Å²) in [6.45, 7) is 20.1. The van der Waals surface area contributed by atoms with Crippen LogP contribution in [0.15, 0.2) is 24.3 Å². The maximum Gasteiger partial charge on any atom is 0.329 e. The zero-order valence-corrected chi connectivity index (χ0v) is 47.0. The molecule has 3 aliphatic rings. The van der Waals surface area contributed by atoms with Crippen LogP contribution in [-0.2, 0) is 54.3 Å². The monoisotopic (exact) mass is 1050 g/mol. The second-order valence-corrected chi connectivity index (χ2v) is 22.4. The summed E-state index contributed by atoms with van der Waals surface area (Å²) in [6.07, 6.45) is -1.12. The zero-order chi connectivity index (χ0) is 56.2. The van der Waals surface area contributed by atoms with Gasteiger partial charge in [-0.1, -0.05) is 87.8 Å². The SMILES string of the molecule is CC[C@H](C)[C@H]1NC(=O)[C@@H](NC(=O)[C@@H](CC(C)C)N(C)C(=O)[C@@H]2CCCN2C(=O)C(C)C)[C@@H](C)OC(=O)[C@H](Cc2ccc(OC)cc2)N(C)C(=O)[C@@H]2CCCN2C(=O)[C@H](CC(C)C)NC(=O)[C@H](C(C)C)NC(=O)C[C@@H]1O. The predicted molar refractivity (Wildman–Crippen MR) is 281 cm³/mol. The van der Waals surface area contributed by atoms with Gasteiger partial charge in [-0.2, -0.15) is 0 Å². The third kappa shape index (κ3) is 16.1. The minimum atomic E-state index is -1.68. The average Bonchev–Trinajstić information content (AvgIpc) is 4.06. The highest BCUT2D eigenvalue weighted by atomic mass is 16.5. The molecule has 0 saturated carbocycles. The number of fused-ring (bicyclic) bond motifs is 1. The normalized spacial score (nSPS) is 26.8. The number of esters is 1. The van der Waals surface area contributed by atoms with Gasteiger partial charge in [0.25, 0.3) is 0 Å². The van der Waals surface area contributed by atoms with Gasteiger partial charge in [-0.3, -0.25) is 38.4 Å². The van der Waals surface area contributed by atoms with E-state index in [1.807, 2.05) is 34.6 Å². The van der Waals surface area contributed by atoms with Crippen LogP contribution in [0.2, 0.25) is 0 Å². The summed E-state index contributed by atoms with van der Waals surface area (Å²) in [5, 5.41) is 23.1. The maximum atomic E-state index is 15.0. The maximum absolute atomic E-state index is 15.0. The smallest absolute Gasteiger partial charge is 0.329 e. The van der Waals surface area contributed by atoms with Crippen molar-refractivity contribution in [3.05, 3.63) is 29.8 Å². The predicted octanol–water partition coefficient (Wildman–Crippen LogP) is 2.96. The zero-order valence-electron chi connectivity index (χ0n) is 47.0. The fraction of sp³-hybridized carbons (Fsp3) is 0.727. The molecular formula is C55H88N8O12. The van der Waals surface area contributed by atoms with Crippen LogP contribution in [0.5, 0.6) is 5.75 Å². The molecule has 75 heavy (non-hydrogen) atoms. The number of rotatable bonds is 15. The van der Waals surface area contributed by atoms with Crippen LogP contribution in [0.25, 0.3) is 0 Å². The summed E-state index contributed by atoms with van der Waals surface area (Å²) in [7, 11) is 4.44. The summed E-state index contributed by atoms with van der Waals surface area (Å²) < 4.78 is 11.5. The van der Waals surface area contributed by atoms with Crippen molar-refractivity contribution in [3.63, 3.8) is 0 Å². The first-order valence-electron chi connectivity index (χ1n) is 27.1. The van der Waals surface area contributed by atoms with Gasteiger partial charge in [0.1, 0.15) is 54.1 Å². The third-order valence-corrected chi connectivity index (χ3v) is 14.9. The number of benzene rings is 1. The van der Waals surface area contributed by atoms with Crippen LogP contribution in [0.1, 0.15) is 133 Å². The minimum Gasteiger partial charge on any atom is -0.497 e. The number of ether oxygens (including phenoxy) is 2. The van der Waals surface area contributed by atoms with E-state index in [1.165, 1.54) is 42.8 Å². The van der Waals surface area contributed by atoms with Crippen LogP contribution in [0.3, 0.4) is 0 Å². The van der Waals surface area contributed by atoms with E-state index in [9.17, 15) is 48.3 Å². The molecule has 3 heterocycles. The number of nitrogens with zero attached hydrogens (tertiary/aromatic N) is 4. The fourth-order valence-corrected chi connectivity index (χ4v) is 10.3. The molecular weight excluding hydrogens is 965 g/mol. The molecule has 0 aliphatic carbocycles. The molecule has 0 bridgehead atoms. The van der Waals surface area contributed by atoms with Crippen molar-refractivity contribution in [3.8, 4) is 5.75 Å². The Morgan fingerprint density at radius 2 is 1.51 bits per heavy atom. The Bertz CT molecular complexity index is 2170. The number of aliphatic hydroxyl groups is 1. The summed E-state index contributed by atoms with van der Waals surface area (Å²) in [4.78, 5) is 135. The largest absolute Gasteiger partial charge is 0.497 e. The molecule has 3 fully saturated rings. The minimum absolute atomic E-state index is 0.0729. The summed E-state index contributed by atoms with van der Waals surface area (Å²) in [5.74, 6) is -6.57. The lowest BCUT2D eigenvalue weighted by Gasteiger charge is -2.36. The molecule has 1 aromatic rings. The molecule has 0 radical (unpaired) electrons. The van der Waals surface area contributed by atoms with Crippen LogP contribution < -0.4 is 26.0 Å². The van der Waals surface area contributed by atoms with E-state index in [4.69, 9.17) is 9.47 Å². The lowest BCUT2D eigenvalue weighted by atomic mass is 9.91. The standard InChI is InChI=1S/C55H88N8O12/c1-15-34(10)46-43(64)29-44(65)57-45(32(6)7)49(67)56-38(26-30(2)3)52(70)63-25-17-19-40(63)54(72)61(13)42(28-36-20-22-37(74-14)23-21-36)55(73)75-35(11)47(50(68)58-46)59-48(66)41(27-31(4)5)60(12)53(71)39-18-16-24-62(39)51(69)33(8)9/h20-23,30-35,38-43,45-47,64H,15-19,24-29H2,1-14H3,(H,56,67)(H,57,65)(H,58,68)(H,59,66)/t34-,35+,38-,39-,40-,41+,42-,43-,45-,46+,47-/m0/s1. The number of carbonyl (C=O) groups is 9. The molecule has 20 heteroatoms. The Kier molecular flexibility index (Phi) is 22.9. The van der Waals surface area contributed by atoms with Crippen molar-refractivity contribution in [2.24, 2.45) is 29.6 Å². The Labute approximate surface area is 444 Å². The number of hydrogen-bond donors (Lipinski definition) is 5. The van der Waals surface area contributed by atoms with E-state index in [0.717, 1.165) is 0 Å². The Balaban J connectivity index is 1.87. The first-order valence-corrected chi connectivity index (χ1v) is 27.1. The number of methoxy groups -OCH3 is 1. The number of amides is 8. The molecule has 0 unspecified atom stereocenters. The quantitative estimate of drug-likeness (QED) is 0.159. The number of hydrogen-bond acceptors (Lipinski definition) is 12. The van der Waals surface area contributed by atoms with Gasteiger partial charge in [0.15, 0.2) is 0 Å². The fourth-order valence-electron chi connectivity index (χ4n) is 10.3. The number of cyclic esters (lactones) is 1. The second-order valence-electron chi connectivity index (χ2n) is 22.4. The van der Waals surface area contributed by atoms with Crippen LogP contribution >= 0.6 is 0 Å². The molecule has 4 rings (SSSR count). The summed E-state index contributed by atoms with van der Waals surface area (Å²) >= 11 is 0. The third-order valence-electron chi connectivity index (χ3n) is 14.9. The van der Waals surface area contributed by atoms with E-state index in [1.54, 1.807) is 63.8 Å². The molecule has 0 aromatic heterocycles. The molecule has 5 N–H and O–H groups in total. The van der Waals surface area contributed by atoms with Gasteiger partial charge in [0, 0.05) is 39.5 Å². The average molecular weight is 1050 g/mol. The van der Waals surface area contributed by atoms with E-state index < -0.39 is 126 Å². The number of likely N-dealkylation sites (tertiary alicyclic amines) is 1. The molecule has 3 saturated heterocycles. The molecule has 20 nitrogen and oxygen atoms in total. The van der Waals surface area contributed by atoms with Crippen LogP contribution in [0, 0.1) is 29.6 Å². The van der Waals surface area contributed by atoms with Crippen molar-refractivity contribution in [2.45, 2.75) is 194 Å². The van der Waals surface area contributed by atoms with Gasteiger partial charge < -0.3 is 55.4 Å². The van der Waals surface area contributed by atoms with Gasteiger partial charge in [0.2, 0.25) is 47.3 Å². The number of likely N-dealkylation sites (N-methyl/N-ethyl adjacent to an activating group) is 2. The van der Waals surface area contributed by atoms with Gasteiger partial charge in [0.05, 0.1) is 25.7 Å². The number of carbonyl (C=O) groups excluding carboxylic acids is 9. The first kappa shape index (κ1) is 61.8. The Hall–Kier alpha value is -5.79. The van der Waals surface area contributed by atoms with Crippen LogP contribution in [0.4, 0.5) is 0 Å². The second kappa shape index (κ2) is 27.8. The summed E-state index contributed by atoms with van der Waals surface area (Å²) in [6, 6.07) is -2.48. The Morgan fingerprint density at radius 3 is 2.08 bits per heavy atom.